The molecule has 0 bridgehead atoms. The van der Waals surface area contributed by atoms with E-state index in [0.717, 1.165) is 13.0 Å². The van der Waals surface area contributed by atoms with Gasteiger partial charge < -0.3 is 4.57 Å². The first-order valence-corrected chi connectivity index (χ1v) is 8.70. The van der Waals surface area contributed by atoms with E-state index >= 15 is 0 Å². The van der Waals surface area contributed by atoms with E-state index in [1.807, 2.05) is 0 Å². The largest absolute Gasteiger partial charge is 0.340 e. The van der Waals surface area contributed by atoms with Crippen LogP contribution in [0.25, 0.3) is 43.4 Å². The van der Waals surface area contributed by atoms with Gasteiger partial charge in [-0.15, -0.1) is 0 Å². The molecule has 5 aromatic rings. The molecule has 0 unspecified atom stereocenters. The lowest BCUT2D eigenvalue weighted by molar-refractivity contribution is 0.724. The summed E-state index contributed by atoms with van der Waals surface area (Å²) in [5.41, 5.74) is 2.70. The van der Waals surface area contributed by atoms with Crippen LogP contribution in [0.15, 0.2) is 72.8 Å². The van der Waals surface area contributed by atoms with Crippen molar-refractivity contribution in [2.24, 2.45) is 0 Å². The highest BCUT2D eigenvalue weighted by Crippen LogP contribution is 2.38. The Bertz CT molecular complexity index is 1120. The molecule has 0 saturated heterocycles. The highest BCUT2D eigenvalue weighted by atomic mass is 15.0. The molecule has 1 heteroatoms. The van der Waals surface area contributed by atoms with Crippen LogP contribution in [0.4, 0.5) is 0 Å². The van der Waals surface area contributed by atoms with Crippen LogP contribution in [0.2, 0.25) is 0 Å². The molecular weight excluding hydrogens is 290 g/mol. The molecule has 0 aliphatic rings. The second kappa shape index (κ2) is 5.10. The molecule has 0 spiro atoms. The lowest BCUT2D eigenvalue weighted by Crippen LogP contribution is -1.95. The van der Waals surface area contributed by atoms with E-state index in [-0.39, 0.29) is 0 Å². The lowest BCUT2D eigenvalue weighted by Gasteiger charge is -2.06. The number of rotatable bonds is 2. The molecule has 24 heavy (non-hydrogen) atoms. The molecule has 1 heterocycles. The number of aromatic nitrogens is 1. The summed E-state index contributed by atoms with van der Waals surface area (Å²) in [6, 6.07) is 26.6. The van der Waals surface area contributed by atoms with Crippen molar-refractivity contribution in [2.75, 3.05) is 0 Å². The van der Waals surface area contributed by atoms with Gasteiger partial charge in [0.25, 0.3) is 0 Å². The Hall–Kier alpha value is -2.80. The number of fused-ring (bicyclic) bond motifs is 7. The summed E-state index contributed by atoms with van der Waals surface area (Å²) in [5, 5.41) is 8.13. The van der Waals surface area contributed by atoms with Crippen molar-refractivity contribution < 1.29 is 0 Å². The zero-order valence-corrected chi connectivity index (χ0v) is 13.8. The van der Waals surface area contributed by atoms with Gasteiger partial charge in [-0.1, -0.05) is 67.6 Å². The molecular formula is C23H19N. The van der Waals surface area contributed by atoms with E-state index in [9.17, 15) is 0 Å². The Balaban J connectivity index is 2.13. The van der Waals surface area contributed by atoms with Gasteiger partial charge >= 0.3 is 0 Å². The van der Waals surface area contributed by atoms with Crippen LogP contribution in [0.3, 0.4) is 0 Å². The van der Waals surface area contributed by atoms with Crippen molar-refractivity contribution in [2.45, 2.75) is 19.9 Å². The Morgan fingerprint density at radius 2 is 1.12 bits per heavy atom. The molecule has 0 atom stereocenters. The summed E-state index contributed by atoms with van der Waals surface area (Å²) in [5.74, 6) is 0. The van der Waals surface area contributed by atoms with Gasteiger partial charge in [0.05, 0.1) is 0 Å². The van der Waals surface area contributed by atoms with Crippen LogP contribution in [0.5, 0.6) is 0 Å². The van der Waals surface area contributed by atoms with E-state index < -0.39 is 0 Å². The molecule has 116 valence electrons. The zero-order chi connectivity index (χ0) is 16.1. The highest BCUT2D eigenvalue weighted by molar-refractivity contribution is 6.27. The van der Waals surface area contributed by atoms with Crippen molar-refractivity contribution in [3.05, 3.63) is 72.8 Å². The van der Waals surface area contributed by atoms with Gasteiger partial charge in [-0.25, -0.2) is 0 Å². The fourth-order valence-electron chi connectivity index (χ4n) is 4.09. The minimum absolute atomic E-state index is 1.05. The number of hydrogen-bond acceptors (Lipinski definition) is 0. The van der Waals surface area contributed by atoms with Gasteiger partial charge in [0.15, 0.2) is 0 Å². The second-order valence-electron chi connectivity index (χ2n) is 6.51. The van der Waals surface area contributed by atoms with Crippen molar-refractivity contribution in [1.29, 1.82) is 0 Å². The minimum Gasteiger partial charge on any atom is -0.340 e. The van der Waals surface area contributed by atoms with E-state index in [1.54, 1.807) is 0 Å². The molecule has 1 aromatic heterocycles. The maximum atomic E-state index is 2.49. The quantitative estimate of drug-likeness (QED) is 0.350. The molecule has 0 aliphatic carbocycles. The minimum atomic E-state index is 1.05. The molecule has 0 N–H and O–H groups in total. The molecule has 0 amide bonds. The first-order chi connectivity index (χ1) is 11.9. The lowest BCUT2D eigenvalue weighted by atomic mass is 10.00. The highest BCUT2D eigenvalue weighted by Gasteiger charge is 2.14. The van der Waals surface area contributed by atoms with E-state index in [0.29, 0.717) is 0 Å². The van der Waals surface area contributed by atoms with Crippen LogP contribution >= 0.6 is 0 Å². The Morgan fingerprint density at radius 3 is 1.62 bits per heavy atom. The molecule has 0 saturated carbocycles. The molecule has 0 radical (unpaired) electrons. The fourth-order valence-corrected chi connectivity index (χ4v) is 4.09. The number of benzene rings is 4. The standard InChI is InChI=1S/C23H19N/c1-2-15-24-20-13-11-16-7-3-5-9-18(16)22(20)23-19-10-6-4-8-17(19)12-14-21(23)24/h3-14H,2,15H2,1H3. The van der Waals surface area contributed by atoms with E-state index in [2.05, 4.69) is 84.3 Å². The summed E-state index contributed by atoms with van der Waals surface area (Å²) in [7, 11) is 0. The maximum absolute atomic E-state index is 2.49. The van der Waals surface area contributed by atoms with Crippen LogP contribution in [0.1, 0.15) is 13.3 Å². The van der Waals surface area contributed by atoms with Gasteiger partial charge in [0.1, 0.15) is 0 Å². The van der Waals surface area contributed by atoms with Gasteiger partial charge in [0, 0.05) is 28.4 Å². The Kier molecular flexibility index (Phi) is 2.90. The van der Waals surface area contributed by atoms with Crippen molar-refractivity contribution in [3.63, 3.8) is 0 Å². The van der Waals surface area contributed by atoms with Crippen molar-refractivity contribution in [1.82, 2.24) is 4.57 Å². The molecule has 1 nitrogen and oxygen atoms in total. The first-order valence-electron chi connectivity index (χ1n) is 8.70. The normalized spacial score (nSPS) is 11.9. The zero-order valence-electron chi connectivity index (χ0n) is 13.8. The summed E-state index contributed by atoms with van der Waals surface area (Å²) in [6.45, 7) is 3.30. The Labute approximate surface area is 141 Å². The molecule has 4 aromatic carbocycles. The van der Waals surface area contributed by atoms with Gasteiger partial charge in [-0.2, -0.15) is 0 Å². The fraction of sp³-hybridized carbons (Fsp3) is 0.130. The first kappa shape index (κ1) is 13.6. The van der Waals surface area contributed by atoms with Crippen molar-refractivity contribution >= 4 is 43.4 Å². The molecule has 0 fully saturated rings. The predicted molar refractivity (Wildman–Crippen MR) is 105 cm³/mol. The number of aryl methyl sites for hydroxylation is 1. The van der Waals surface area contributed by atoms with E-state index in [4.69, 9.17) is 0 Å². The summed E-state index contributed by atoms with van der Waals surface area (Å²) < 4.78 is 2.49. The third-order valence-corrected chi connectivity index (χ3v) is 5.09. The van der Waals surface area contributed by atoms with E-state index in [1.165, 1.54) is 43.4 Å². The van der Waals surface area contributed by atoms with Crippen molar-refractivity contribution in [3.8, 4) is 0 Å². The number of nitrogens with zero attached hydrogens (tertiary/aromatic N) is 1. The third kappa shape index (κ3) is 1.75. The monoisotopic (exact) mass is 309 g/mol. The van der Waals surface area contributed by atoms with Crippen LogP contribution in [0, 0.1) is 0 Å². The summed E-state index contributed by atoms with van der Waals surface area (Å²) in [6.07, 6.45) is 1.14. The average molecular weight is 309 g/mol. The predicted octanol–water partition coefficient (Wildman–Crippen LogP) is 6.51. The van der Waals surface area contributed by atoms with Gasteiger partial charge in [-0.3, -0.25) is 0 Å². The maximum Gasteiger partial charge on any atom is 0.0498 e. The summed E-state index contributed by atoms with van der Waals surface area (Å²) in [4.78, 5) is 0. The van der Waals surface area contributed by atoms with Gasteiger partial charge in [-0.05, 0) is 40.1 Å². The average Bonchev–Trinajstić information content (AvgIpc) is 2.97. The number of hydrogen-bond donors (Lipinski definition) is 0. The van der Waals surface area contributed by atoms with Crippen LogP contribution in [-0.4, -0.2) is 4.57 Å². The third-order valence-electron chi connectivity index (χ3n) is 5.09. The van der Waals surface area contributed by atoms with Crippen LogP contribution < -0.4 is 0 Å². The SMILES string of the molecule is CCCn1c2ccc3ccccc3c2c2c3ccccc3ccc21. The topological polar surface area (TPSA) is 4.93 Å². The second-order valence-corrected chi connectivity index (χ2v) is 6.51. The van der Waals surface area contributed by atoms with Crippen LogP contribution in [-0.2, 0) is 6.54 Å². The summed E-state index contributed by atoms with van der Waals surface area (Å²) >= 11 is 0. The molecule has 5 rings (SSSR count). The smallest absolute Gasteiger partial charge is 0.0498 e. The molecule has 0 aliphatic heterocycles. The Morgan fingerprint density at radius 1 is 0.625 bits per heavy atom. The van der Waals surface area contributed by atoms with Gasteiger partial charge in [0.2, 0.25) is 0 Å².